The molecule has 2 aliphatic heterocycles. The Labute approximate surface area is 145 Å². The fraction of sp³-hybridized carbons (Fsp3) is 0.706. The number of anilines is 1. The molecule has 0 saturated carbocycles. The van der Waals surface area contributed by atoms with Gasteiger partial charge in [-0.15, -0.1) is 11.3 Å². The average molecular weight is 349 g/mol. The lowest BCUT2D eigenvalue weighted by Gasteiger charge is -2.31. The van der Waals surface area contributed by atoms with E-state index in [2.05, 4.69) is 10.3 Å². The fourth-order valence-electron chi connectivity index (χ4n) is 3.87. The third-order valence-corrected chi connectivity index (χ3v) is 6.31. The second-order valence-corrected chi connectivity index (χ2v) is 7.96. The largest absolute Gasteiger partial charge is 0.381 e. The molecule has 1 N–H and O–H groups in total. The SMILES string of the molecule is O=C(Nc1nc2c(s1)CCCC2)C1CC(=O)N(C2CCOCC2)C1. The quantitative estimate of drug-likeness (QED) is 0.906. The van der Waals surface area contributed by atoms with Crippen molar-refractivity contribution in [2.24, 2.45) is 5.92 Å². The first kappa shape index (κ1) is 16.0. The Kier molecular flexibility index (Phi) is 4.54. The van der Waals surface area contributed by atoms with Crippen molar-refractivity contribution < 1.29 is 14.3 Å². The minimum atomic E-state index is -0.263. The van der Waals surface area contributed by atoms with Crippen molar-refractivity contribution in [2.75, 3.05) is 25.1 Å². The van der Waals surface area contributed by atoms with Crippen LogP contribution in [-0.4, -0.2) is 47.5 Å². The first-order valence-electron chi connectivity index (χ1n) is 8.87. The molecule has 0 aromatic carbocycles. The van der Waals surface area contributed by atoms with Gasteiger partial charge in [0.2, 0.25) is 11.8 Å². The molecule has 1 aromatic rings. The lowest BCUT2D eigenvalue weighted by molar-refractivity contribution is -0.131. The number of hydrogen-bond acceptors (Lipinski definition) is 5. The smallest absolute Gasteiger partial charge is 0.231 e. The summed E-state index contributed by atoms with van der Waals surface area (Å²) in [6.07, 6.45) is 6.54. The monoisotopic (exact) mass is 349 g/mol. The van der Waals surface area contributed by atoms with Crippen molar-refractivity contribution in [3.8, 4) is 0 Å². The highest BCUT2D eigenvalue weighted by Crippen LogP contribution is 2.31. The number of hydrogen-bond donors (Lipinski definition) is 1. The molecule has 0 bridgehead atoms. The van der Waals surface area contributed by atoms with E-state index in [0.717, 1.165) is 31.4 Å². The Morgan fingerprint density at radius 3 is 2.83 bits per heavy atom. The van der Waals surface area contributed by atoms with Crippen LogP contribution in [0.4, 0.5) is 5.13 Å². The van der Waals surface area contributed by atoms with Gasteiger partial charge in [0.15, 0.2) is 5.13 Å². The zero-order valence-electron chi connectivity index (χ0n) is 13.8. The van der Waals surface area contributed by atoms with Crippen molar-refractivity contribution in [1.29, 1.82) is 0 Å². The highest BCUT2D eigenvalue weighted by molar-refractivity contribution is 7.15. The number of nitrogens with one attached hydrogen (secondary N) is 1. The predicted molar refractivity (Wildman–Crippen MR) is 91.0 cm³/mol. The topological polar surface area (TPSA) is 71.5 Å². The predicted octanol–water partition coefficient (Wildman–Crippen LogP) is 1.99. The van der Waals surface area contributed by atoms with Crippen molar-refractivity contribution in [1.82, 2.24) is 9.88 Å². The highest BCUT2D eigenvalue weighted by atomic mass is 32.1. The Morgan fingerprint density at radius 1 is 1.25 bits per heavy atom. The normalized spacial score (nSPS) is 24.9. The summed E-state index contributed by atoms with van der Waals surface area (Å²) in [5, 5.41) is 3.65. The standard InChI is InChI=1S/C17H23N3O3S/c21-15-9-11(10-20(15)12-5-7-23-8-6-12)16(22)19-17-18-13-3-1-2-4-14(13)24-17/h11-12H,1-10H2,(H,18,19,22). The average Bonchev–Trinajstić information content (AvgIpc) is 3.18. The summed E-state index contributed by atoms with van der Waals surface area (Å²) in [6.45, 7) is 1.94. The highest BCUT2D eigenvalue weighted by Gasteiger charge is 2.38. The molecule has 1 aromatic heterocycles. The van der Waals surface area contributed by atoms with Crippen LogP contribution < -0.4 is 5.32 Å². The first-order valence-corrected chi connectivity index (χ1v) is 9.69. The molecule has 3 aliphatic rings. The molecule has 24 heavy (non-hydrogen) atoms. The van der Waals surface area contributed by atoms with Crippen LogP contribution in [-0.2, 0) is 27.2 Å². The van der Waals surface area contributed by atoms with Crippen LogP contribution in [0.1, 0.15) is 42.7 Å². The third-order valence-electron chi connectivity index (χ3n) is 5.24. The number of thiazole rings is 1. The molecule has 3 heterocycles. The molecule has 0 spiro atoms. The van der Waals surface area contributed by atoms with Gasteiger partial charge in [0.1, 0.15) is 0 Å². The fourth-order valence-corrected chi connectivity index (χ4v) is 4.92. The Morgan fingerprint density at radius 2 is 2.04 bits per heavy atom. The maximum atomic E-state index is 12.6. The van der Waals surface area contributed by atoms with Crippen molar-refractivity contribution in [3.63, 3.8) is 0 Å². The Balaban J connectivity index is 1.38. The van der Waals surface area contributed by atoms with E-state index in [1.165, 1.54) is 17.7 Å². The molecule has 7 heteroatoms. The zero-order chi connectivity index (χ0) is 16.5. The number of likely N-dealkylation sites (tertiary alicyclic amines) is 1. The maximum absolute atomic E-state index is 12.6. The summed E-state index contributed by atoms with van der Waals surface area (Å²) in [6, 6.07) is 0.233. The minimum Gasteiger partial charge on any atom is -0.381 e. The van der Waals surface area contributed by atoms with Crippen molar-refractivity contribution >= 4 is 28.3 Å². The number of ether oxygens (including phenoxy) is 1. The van der Waals surface area contributed by atoms with Gasteiger partial charge >= 0.3 is 0 Å². The number of carbonyl (C=O) groups excluding carboxylic acids is 2. The lowest BCUT2D eigenvalue weighted by atomic mass is 10.0. The summed E-state index contributed by atoms with van der Waals surface area (Å²) in [4.78, 5) is 32.6. The van der Waals surface area contributed by atoms with Gasteiger partial charge in [0.05, 0.1) is 11.6 Å². The lowest BCUT2D eigenvalue weighted by Crippen LogP contribution is -2.41. The first-order chi connectivity index (χ1) is 11.7. The number of rotatable bonds is 3. The molecule has 0 radical (unpaired) electrons. The number of nitrogens with zero attached hydrogens (tertiary/aromatic N) is 2. The van der Waals surface area contributed by atoms with Gasteiger partial charge in [-0.2, -0.15) is 0 Å². The van der Waals surface area contributed by atoms with Gasteiger partial charge < -0.3 is 15.0 Å². The zero-order valence-corrected chi connectivity index (χ0v) is 14.6. The van der Waals surface area contributed by atoms with E-state index in [4.69, 9.17) is 4.74 Å². The Hall–Kier alpha value is -1.47. The van der Waals surface area contributed by atoms with E-state index >= 15 is 0 Å². The molecule has 2 amide bonds. The molecule has 2 fully saturated rings. The molecule has 1 atom stereocenters. The van der Waals surface area contributed by atoms with Crippen LogP contribution >= 0.6 is 11.3 Å². The van der Waals surface area contributed by atoms with Crippen LogP contribution in [0.25, 0.3) is 0 Å². The van der Waals surface area contributed by atoms with Gasteiger partial charge in [-0.3, -0.25) is 9.59 Å². The summed E-state index contributed by atoms with van der Waals surface area (Å²) in [5.41, 5.74) is 1.15. The molecule has 2 saturated heterocycles. The second-order valence-electron chi connectivity index (χ2n) is 6.88. The summed E-state index contributed by atoms with van der Waals surface area (Å²) < 4.78 is 5.36. The van der Waals surface area contributed by atoms with Crippen molar-refractivity contribution in [2.45, 2.75) is 51.0 Å². The van der Waals surface area contributed by atoms with Gasteiger partial charge in [0.25, 0.3) is 0 Å². The summed E-state index contributed by atoms with van der Waals surface area (Å²) in [7, 11) is 0. The number of fused-ring (bicyclic) bond motifs is 1. The van der Waals surface area contributed by atoms with Gasteiger partial charge in [-0.1, -0.05) is 0 Å². The van der Waals surface area contributed by atoms with Gasteiger partial charge in [0, 0.05) is 37.1 Å². The molecule has 6 nitrogen and oxygen atoms in total. The molecular weight excluding hydrogens is 326 g/mol. The second kappa shape index (κ2) is 6.80. The van der Waals surface area contributed by atoms with E-state index in [-0.39, 0.29) is 23.8 Å². The number of aromatic nitrogens is 1. The molecule has 4 rings (SSSR count). The van der Waals surface area contributed by atoms with Crippen LogP contribution in [0.2, 0.25) is 0 Å². The maximum Gasteiger partial charge on any atom is 0.231 e. The number of aryl methyl sites for hydroxylation is 2. The van der Waals surface area contributed by atoms with Crippen molar-refractivity contribution in [3.05, 3.63) is 10.6 Å². The number of amides is 2. The van der Waals surface area contributed by atoms with Gasteiger partial charge in [-0.05, 0) is 38.5 Å². The number of carbonyl (C=O) groups is 2. The molecule has 130 valence electrons. The van der Waals surface area contributed by atoms with E-state index < -0.39 is 0 Å². The molecule has 1 aliphatic carbocycles. The van der Waals surface area contributed by atoms with Crippen LogP contribution in [0.15, 0.2) is 0 Å². The molecule has 1 unspecified atom stereocenters. The molecular formula is C17H23N3O3S. The van der Waals surface area contributed by atoms with E-state index in [0.29, 0.717) is 31.3 Å². The minimum absolute atomic E-state index is 0.0657. The third kappa shape index (κ3) is 3.19. The van der Waals surface area contributed by atoms with Crippen LogP contribution in [0.5, 0.6) is 0 Å². The Bertz CT molecular complexity index is 616. The van der Waals surface area contributed by atoms with E-state index in [1.807, 2.05) is 4.90 Å². The van der Waals surface area contributed by atoms with E-state index in [9.17, 15) is 9.59 Å². The van der Waals surface area contributed by atoms with Crippen LogP contribution in [0.3, 0.4) is 0 Å². The summed E-state index contributed by atoms with van der Waals surface area (Å²) in [5.74, 6) is -0.231. The van der Waals surface area contributed by atoms with E-state index in [1.54, 1.807) is 11.3 Å². The summed E-state index contributed by atoms with van der Waals surface area (Å²) >= 11 is 1.59. The van der Waals surface area contributed by atoms with Gasteiger partial charge in [-0.25, -0.2) is 4.98 Å². The van der Waals surface area contributed by atoms with Crippen LogP contribution in [0, 0.1) is 5.92 Å².